The SMILES string of the molecule is CCn1cc(NC(=O)c2ccc(F)cc2C#CCN)cn1. The molecule has 0 saturated heterocycles. The van der Waals surface area contributed by atoms with E-state index >= 15 is 0 Å². The summed E-state index contributed by atoms with van der Waals surface area (Å²) in [6.07, 6.45) is 3.27. The molecule has 5 nitrogen and oxygen atoms in total. The smallest absolute Gasteiger partial charge is 0.257 e. The summed E-state index contributed by atoms with van der Waals surface area (Å²) in [5.41, 5.74) is 6.48. The van der Waals surface area contributed by atoms with Gasteiger partial charge in [0.05, 0.1) is 24.0 Å². The van der Waals surface area contributed by atoms with Gasteiger partial charge in [-0.25, -0.2) is 4.39 Å². The maximum atomic E-state index is 13.3. The van der Waals surface area contributed by atoms with E-state index in [0.717, 1.165) is 0 Å². The number of amides is 1. The van der Waals surface area contributed by atoms with E-state index in [9.17, 15) is 9.18 Å². The summed E-state index contributed by atoms with van der Waals surface area (Å²) < 4.78 is 15.0. The third kappa shape index (κ3) is 3.68. The number of benzene rings is 1. The first-order valence-corrected chi connectivity index (χ1v) is 6.46. The Morgan fingerprint density at radius 3 is 3.00 bits per heavy atom. The average Bonchev–Trinajstić information content (AvgIpc) is 2.92. The van der Waals surface area contributed by atoms with E-state index < -0.39 is 5.82 Å². The van der Waals surface area contributed by atoms with Crippen molar-refractivity contribution in [3.63, 3.8) is 0 Å². The zero-order chi connectivity index (χ0) is 15.2. The van der Waals surface area contributed by atoms with Crippen LogP contribution >= 0.6 is 0 Å². The highest BCUT2D eigenvalue weighted by atomic mass is 19.1. The van der Waals surface area contributed by atoms with Gasteiger partial charge in [-0.05, 0) is 25.1 Å². The number of aryl methyl sites for hydroxylation is 1. The summed E-state index contributed by atoms with van der Waals surface area (Å²) in [5, 5.41) is 6.77. The van der Waals surface area contributed by atoms with Gasteiger partial charge in [0.2, 0.25) is 0 Å². The Bertz CT molecular complexity index is 712. The fourth-order valence-corrected chi connectivity index (χ4v) is 1.76. The molecule has 0 fully saturated rings. The molecule has 0 saturated carbocycles. The molecule has 3 N–H and O–H groups in total. The predicted molar refractivity (Wildman–Crippen MR) is 78.2 cm³/mol. The molecule has 1 aromatic heterocycles. The maximum absolute atomic E-state index is 13.3. The fourth-order valence-electron chi connectivity index (χ4n) is 1.76. The van der Waals surface area contributed by atoms with Crippen molar-refractivity contribution in [1.82, 2.24) is 9.78 Å². The largest absolute Gasteiger partial charge is 0.320 e. The molecule has 0 atom stereocenters. The highest BCUT2D eigenvalue weighted by Crippen LogP contribution is 2.13. The average molecular weight is 286 g/mol. The van der Waals surface area contributed by atoms with Crippen molar-refractivity contribution < 1.29 is 9.18 Å². The molecule has 0 spiro atoms. The normalized spacial score (nSPS) is 9.86. The van der Waals surface area contributed by atoms with Crippen molar-refractivity contribution in [2.24, 2.45) is 5.73 Å². The molecule has 0 radical (unpaired) electrons. The van der Waals surface area contributed by atoms with Gasteiger partial charge in [0.1, 0.15) is 5.82 Å². The Labute approximate surface area is 122 Å². The summed E-state index contributed by atoms with van der Waals surface area (Å²) in [7, 11) is 0. The van der Waals surface area contributed by atoms with Crippen molar-refractivity contribution >= 4 is 11.6 Å². The van der Waals surface area contributed by atoms with Crippen LogP contribution in [0.5, 0.6) is 0 Å². The monoisotopic (exact) mass is 286 g/mol. The zero-order valence-electron chi connectivity index (χ0n) is 11.6. The van der Waals surface area contributed by atoms with Crippen LogP contribution in [0.2, 0.25) is 0 Å². The van der Waals surface area contributed by atoms with Crippen LogP contribution in [0.15, 0.2) is 30.6 Å². The second-order valence-corrected chi connectivity index (χ2v) is 4.23. The lowest BCUT2D eigenvalue weighted by Crippen LogP contribution is -2.13. The van der Waals surface area contributed by atoms with Crippen LogP contribution < -0.4 is 11.1 Å². The molecule has 1 amide bonds. The van der Waals surface area contributed by atoms with Gasteiger partial charge in [0, 0.05) is 18.3 Å². The van der Waals surface area contributed by atoms with E-state index in [1.165, 1.54) is 18.2 Å². The van der Waals surface area contributed by atoms with Gasteiger partial charge in [-0.3, -0.25) is 9.48 Å². The zero-order valence-corrected chi connectivity index (χ0v) is 11.6. The number of halogens is 1. The lowest BCUT2D eigenvalue weighted by Gasteiger charge is -2.05. The molecule has 1 heterocycles. The van der Waals surface area contributed by atoms with Gasteiger partial charge in [0.25, 0.3) is 5.91 Å². The number of hydrogen-bond donors (Lipinski definition) is 2. The Morgan fingerprint density at radius 2 is 2.33 bits per heavy atom. The highest BCUT2D eigenvalue weighted by molar-refractivity contribution is 6.05. The summed E-state index contributed by atoms with van der Waals surface area (Å²) in [5.74, 6) is 4.50. The van der Waals surface area contributed by atoms with Gasteiger partial charge in [0.15, 0.2) is 0 Å². The number of aromatic nitrogens is 2. The van der Waals surface area contributed by atoms with E-state index in [4.69, 9.17) is 5.73 Å². The van der Waals surface area contributed by atoms with Crippen LogP contribution in [0.25, 0.3) is 0 Å². The van der Waals surface area contributed by atoms with Gasteiger partial charge >= 0.3 is 0 Å². The number of hydrogen-bond acceptors (Lipinski definition) is 3. The third-order valence-electron chi connectivity index (χ3n) is 2.77. The molecule has 0 bridgehead atoms. The lowest BCUT2D eigenvalue weighted by atomic mass is 10.1. The third-order valence-corrected chi connectivity index (χ3v) is 2.77. The van der Waals surface area contributed by atoms with E-state index in [-0.39, 0.29) is 12.5 Å². The summed E-state index contributed by atoms with van der Waals surface area (Å²) in [6, 6.07) is 3.83. The van der Waals surface area contributed by atoms with Gasteiger partial charge < -0.3 is 11.1 Å². The van der Waals surface area contributed by atoms with Crippen LogP contribution in [0.1, 0.15) is 22.8 Å². The minimum Gasteiger partial charge on any atom is -0.320 e. The Balaban J connectivity index is 2.26. The highest BCUT2D eigenvalue weighted by Gasteiger charge is 2.12. The molecule has 0 aliphatic carbocycles. The van der Waals surface area contributed by atoms with Crippen molar-refractivity contribution in [3.8, 4) is 11.8 Å². The molecule has 0 aliphatic heterocycles. The summed E-state index contributed by atoms with van der Waals surface area (Å²) >= 11 is 0. The standard InChI is InChI=1S/C15H15FN4O/c1-2-20-10-13(9-18-20)19-15(21)14-6-5-12(16)8-11(14)4-3-7-17/h5-6,8-10H,2,7,17H2,1H3,(H,19,21). The predicted octanol–water partition coefficient (Wildman–Crippen LogP) is 1.60. The van der Waals surface area contributed by atoms with E-state index in [1.54, 1.807) is 17.1 Å². The molecular formula is C15H15FN4O. The molecule has 6 heteroatoms. The molecule has 2 aromatic rings. The minimum absolute atomic E-state index is 0.140. The second kappa shape index (κ2) is 6.68. The van der Waals surface area contributed by atoms with Crippen LogP contribution in [0.3, 0.4) is 0 Å². The van der Waals surface area contributed by atoms with Crippen LogP contribution in [0, 0.1) is 17.7 Å². The topological polar surface area (TPSA) is 72.9 Å². The molecule has 1 aromatic carbocycles. The van der Waals surface area contributed by atoms with Gasteiger partial charge in [-0.1, -0.05) is 11.8 Å². The summed E-state index contributed by atoms with van der Waals surface area (Å²) in [6.45, 7) is 2.79. The van der Waals surface area contributed by atoms with E-state index in [1.807, 2.05) is 6.92 Å². The summed E-state index contributed by atoms with van der Waals surface area (Å²) in [4.78, 5) is 12.2. The number of carbonyl (C=O) groups excluding carboxylic acids is 1. The van der Waals surface area contributed by atoms with Crippen molar-refractivity contribution in [2.75, 3.05) is 11.9 Å². The number of anilines is 1. The van der Waals surface area contributed by atoms with E-state index in [0.29, 0.717) is 23.4 Å². The Kier molecular flexibility index (Phi) is 4.69. The van der Waals surface area contributed by atoms with Crippen LogP contribution in [0.4, 0.5) is 10.1 Å². The van der Waals surface area contributed by atoms with Crippen molar-refractivity contribution in [3.05, 3.63) is 47.5 Å². The Morgan fingerprint density at radius 1 is 1.52 bits per heavy atom. The minimum atomic E-state index is -0.452. The molecular weight excluding hydrogens is 271 g/mol. The van der Waals surface area contributed by atoms with E-state index in [2.05, 4.69) is 22.3 Å². The molecule has 0 aliphatic rings. The van der Waals surface area contributed by atoms with Crippen LogP contribution in [-0.4, -0.2) is 22.2 Å². The quantitative estimate of drug-likeness (QED) is 0.842. The number of nitrogens with one attached hydrogen (secondary N) is 1. The van der Waals surface area contributed by atoms with Gasteiger partial charge in [-0.2, -0.15) is 5.10 Å². The molecule has 21 heavy (non-hydrogen) atoms. The first-order valence-electron chi connectivity index (χ1n) is 6.46. The lowest BCUT2D eigenvalue weighted by molar-refractivity contribution is 0.102. The number of nitrogens with two attached hydrogens (primary N) is 1. The van der Waals surface area contributed by atoms with Gasteiger partial charge in [-0.15, -0.1) is 0 Å². The number of carbonyl (C=O) groups is 1. The maximum Gasteiger partial charge on any atom is 0.257 e. The molecule has 0 unspecified atom stereocenters. The van der Waals surface area contributed by atoms with Crippen molar-refractivity contribution in [2.45, 2.75) is 13.5 Å². The first kappa shape index (κ1) is 14.8. The second-order valence-electron chi connectivity index (χ2n) is 4.23. The Hall–Kier alpha value is -2.65. The van der Waals surface area contributed by atoms with Crippen LogP contribution in [-0.2, 0) is 6.54 Å². The number of nitrogens with zero attached hydrogens (tertiary/aromatic N) is 2. The first-order chi connectivity index (χ1) is 10.1. The molecule has 2 rings (SSSR count). The van der Waals surface area contributed by atoms with Crippen molar-refractivity contribution in [1.29, 1.82) is 0 Å². The molecule has 108 valence electrons. The number of rotatable bonds is 3. The fraction of sp³-hybridized carbons (Fsp3) is 0.200.